The molecule has 0 rings (SSSR count). The molecule has 2 nitrogen and oxygen atoms in total. The zero-order valence-electron chi connectivity index (χ0n) is 7.32. The molecule has 76 valence electrons. The van der Waals surface area contributed by atoms with Gasteiger partial charge in [0.25, 0.3) is 3.79 Å². The van der Waals surface area contributed by atoms with Crippen LogP contribution < -0.4 is 0 Å². The van der Waals surface area contributed by atoms with E-state index in [-0.39, 0.29) is 12.5 Å². The number of rotatable bonds is 4. The third-order valence-corrected chi connectivity index (χ3v) is 1.72. The molecule has 0 aromatic rings. The van der Waals surface area contributed by atoms with Crippen molar-refractivity contribution in [3.05, 3.63) is 12.2 Å². The van der Waals surface area contributed by atoms with Crippen LogP contribution in [-0.4, -0.2) is 16.3 Å². The number of alkyl halides is 3. The molecule has 0 bridgehead atoms. The van der Waals surface area contributed by atoms with Crippen LogP contribution in [0.5, 0.6) is 0 Å². The predicted molar refractivity (Wildman–Crippen MR) is 58.0 cm³/mol. The maximum absolute atomic E-state index is 7.17. The summed E-state index contributed by atoms with van der Waals surface area (Å²) >= 11 is 16.1. The normalized spacial score (nSPS) is 12.0. The van der Waals surface area contributed by atoms with Crippen LogP contribution in [0.3, 0.4) is 0 Å². The summed E-state index contributed by atoms with van der Waals surface area (Å²) in [4.78, 5) is 0. The monoisotopic (exact) mass is 243 g/mol. The van der Waals surface area contributed by atoms with Crippen molar-refractivity contribution in [1.29, 1.82) is 5.41 Å². The predicted octanol–water partition coefficient (Wildman–Crippen LogP) is 3.71. The van der Waals surface area contributed by atoms with Crippen molar-refractivity contribution in [1.82, 2.24) is 0 Å². The zero-order chi connectivity index (χ0) is 10.3. The largest absolute Gasteiger partial charge is 0.474 e. The van der Waals surface area contributed by atoms with Crippen molar-refractivity contribution in [3.63, 3.8) is 0 Å². The second kappa shape index (κ2) is 6.52. The van der Waals surface area contributed by atoms with Crippen molar-refractivity contribution in [2.45, 2.75) is 23.6 Å². The van der Waals surface area contributed by atoms with E-state index in [2.05, 4.69) is 6.92 Å². The Bertz CT molecular complexity index is 186. The molecule has 0 atom stereocenters. The van der Waals surface area contributed by atoms with Crippen LogP contribution in [0, 0.1) is 5.41 Å². The van der Waals surface area contributed by atoms with E-state index < -0.39 is 3.79 Å². The number of allylic oxidation sites excluding steroid dienone is 1. The lowest BCUT2D eigenvalue weighted by molar-refractivity contribution is 0.339. The lowest BCUT2D eigenvalue weighted by Gasteiger charge is -2.11. The quantitative estimate of drug-likeness (QED) is 0.348. The Kier molecular flexibility index (Phi) is 6.56. The highest BCUT2D eigenvalue weighted by atomic mass is 35.6. The SMILES string of the molecule is CCCC=CCOC(=N)C(Cl)(Cl)Cl. The Morgan fingerprint density at radius 1 is 1.38 bits per heavy atom. The van der Waals surface area contributed by atoms with Gasteiger partial charge in [-0.05, 0) is 6.42 Å². The maximum Gasteiger partial charge on any atom is 0.265 e. The molecule has 0 heterocycles. The molecule has 0 aromatic heterocycles. The van der Waals surface area contributed by atoms with E-state index in [1.165, 1.54) is 0 Å². The van der Waals surface area contributed by atoms with Gasteiger partial charge in [-0.2, -0.15) is 0 Å². The molecule has 1 N–H and O–H groups in total. The minimum absolute atomic E-state index is 0.271. The molecule has 0 spiro atoms. The Balaban J connectivity index is 3.60. The standard InChI is InChI=1S/C8H12Cl3NO/c1-2-3-4-5-6-13-7(12)8(9,10)11/h4-5,12H,2-3,6H2,1H3. The summed E-state index contributed by atoms with van der Waals surface area (Å²) in [7, 11) is 0. The summed E-state index contributed by atoms with van der Waals surface area (Å²) in [5.41, 5.74) is 0. The minimum Gasteiger partial charge on any atom is -0.474 e. The van der Waals surface area contributed by atoms with Crippen LogP contribution in [0.1, 0.15) is 19.8 Å². The van der Waals surface area contributed by atoms with E-state index in [9.17, 15) is 0 Å². The third-order valence-electron chi connectivity index (χ3n) is 1.20. The average molecular weight is 245 g/mol. The Morgan fingerprint density at radius 2 is 2.00 bits per heavy atom. The van der Waals surface area contributed by atoms with E-state index >= 15 is 0 Å². The van der Waals surface area contributed by atoms with Crippen molar-refractivity contribution in [3.8, 4) is 0 Å². The Morgan fingerprint density at radius 3 is 2.46 bits per heavy atom. The van der Waals surface area contributed by atoms with E-state index in [1.54, 1.807) is 6.08 Å². The molecule has 0 aliphatic carbocycles. The number of unbranched alkanes of at least 4 members (excludes halogenated alkanes) is 1. The van der Waals surface area contributed by atoms with Gasteiger partial charge in [-0.3, -0.25) is 5.41 Å². The topological polar surface area (TPSA) is 33.1 Å². The van der Waals surface area contributed by atoms with Crippen molar-refractivity contribution in [2.75, 3.05) is 6.61 Å². The fourth-order valence-corrected chi connectivity index (χ4v) is 0.730. The Hall–Kier alpha value is 0.0800. The Labute approximate surface area is 93.3 Å². The molecular formula is C8H12Cl3NO. The molecule has 0 aromatic carbocycles. The van der Waals surface area contributed by atoms with Crippen LogP contribution >= 0.6 is 34.8 Å². The lowest BCUT2D eigenvalue weighted by Crippen LogP contribution is -2.21. The third kappa shape index (κ3) is 7.17. The molecule has 0 aliphatic heterocycles. The summed E-state index contributed by atoms with van der Waals surface area (Å²) < 4.78 is 3.10. The molecule has 13 heavy (non-hydrogen) atoms. The van der Waals surface area contributed by atoms with Gasteiger partial charge in [-0.15, -0.1) is 0 Å². The number of halogens is 3. The van der Waals surface area contributed by atoms with Gasteiger partial charge in [0.05, 0.1) is 0 Å². The van der Waals surface area contributed by atoms with E-state index in [0.717, 1.165) is 12.8 Å². The van der Waals surface area contributed by atoms with Crippen LogP contribution in [-0.2, 0) is 4.74 Å². The molecule has 0 unspecified atom stereocenters. The highest BCUT2D eigenvalue weighted by Gasteiger charge is 2.28. The van der Waals surface area contributed by atoms with Gasteiger partial charge >= 0.3 is 0 Å². The van der Waals surface area contributed by atoms with Crippen molar-refractivity contribution in [2.24, 2.45) is 0 Å². The maximum atomic E-state index is 7.17. The fraction of sp³-hybridized carbons (Fsp3) is 0.625. The van der Waals surface area contributed by atoms with Gasteiger partial charge in [-0.1, -0.05) is 60.3 Å². The second-order valence-corrected chi connectivity index (χ2v) is 4.68. The van der Waals surface area contributed by atoms with Crippen molar-refractivity contribution >= 4 is 40.7 Å². The van der Waals surface area contributed by atoms with Gasteiger partial charge in [0.2, 0.25) is 5.90 Å². The first-order chi connectivity index (χ1) is 5.98. The van der Waals surface area contributed by atoms with Crippen LogP contribution in [0.15, 0.2) is 12.2 Å². The summed E-state index contributed by atoms with van der Waals surface area (Å²) in [6.45, 7) is 2.35. The van der Waals surface area contributed by atoms with Crippen molar-refractivity contribution < 1.29 is 4.74 Å². The molecule has 0 radical (unpaired) electrons. The smallest absolute Gasteiger partial charge is 0.265 e. The second-order valence-electron chi connectivity index (χ2n) is 2.40. The number of nitrogens with one attached hydrogen (secondary N) is 1. The minimum atomic E-state index is -1.75. The first-order valence-electron chi connectivity index (χ1n) is 3.92. The highest BCUT2D eigenvalue weighted by Crippen LogP contribution is 2.27. The van der Waals surface area contributed by atoms with Crippen LogP contribution in [0.2, 0.25) is 0 Å². The fourth-order valence-electron chi connectivity index (χ4n) is 0.566. The number of hydrogen-bond acceptors (Lipinski definition) is 2. The molecule has 0 aliphatic rings. The zero-order valence-corrected chi connectivity index (χ0v) is 9.59. The highest BCUT2D eigenvalue weighted by molar-refractivity contribution is 6.76. The van der Waals surface area contributed by atoms with Crippen LogP contribution in [0.4, 0.5) is 0 Å². The van der Waals surface area contributed by atoms with Gasteiger partial charge < -0.3 is 4.74 Å². The summed E-state index contributed by atoms with van der Waals surface area (Å²) in [5, 5.41) is 7.17. The van der Waals surface area contributed by atoms with E-state index in [0.29, 0.717) is 0 Å². The molecule has 0 saturated carbocycles. The van der Waals surface area contributed by atoms with Gasteiger partial charge in [-0.25, -0.2) is 0 Å². The molecule has 5 heteroatoms. The van der Waals surface area contributed by atoms with Gasteiger partial charge in [0, 0.05) is 0 Å². The molecule has 0 saturated heterocycles. The summed E-state index contributed by atoms with van der Waals surface area (Å²) in [6.07, 6.45) is 5.84. The van der Waals surface area contributed by atoms with E-state index in [1.807, 2.05) is 6.08 Å². The first kappa shape index (κ1) is 13.1. The average Bonchev–Trinajstić information content (AvgIpc) is 2.02. The molecule has 0 amide bonds. The van der Waals surface area contributed by atoms with Gasteiger partial charge in [0.1, 0.15) is 6.61 Å². The number of hydrogen-bond donors (Lipinski definition) is 1. The molecular weight excluding hydrogens is 232 g/mol. The van der Waals surface area contributed by atoms with E-state index in [4.69, 9.17) is 44.9 Å². The van der Waals surface area contributed by atoms with Gasteiger partial charge in [0.15, 0.2) is 0 Å². The number of ether oxygens (including phenoxy) is 1. The summed E-state index contributed by atoms with van der Waals surface area (Å²) in [5.74, 6) is -0.348. The molecule has 0 fully saturated rings. The lowest BCUT2D eigenvalue weighted by atomic mass is 10.3. The summed E-state index contributed by atoms with van der Waals surface area (Å²) in [6, 6.07) is 0. The van der Waals surface area contributed by atoms with Crippen LogP contribution in [0.25, 0.3) is 0 Å². The first-order valence-corrected chi connectivity index (χ1v) is 5.05.